The number of sulfonamides is 1. The average Bonchev–Trinajstić information content (AvgIpc) is 2.35. The minimum Gasteiger partial charge on any atom is -0.207 e. The summed E-state index contributed by atoms with van der Waals surface area (Å²) in [6.07, 6.45) is -4.64. The molecule has 0 radical (unpaired) electrons. The van der Waals surface area contributed by atoms with E-state index >= 15 is 0 Å². The Kier molecular flexibility index (Phi) is 5.94. The van der Waals surface area contributed by atoms with Gasteiger partial charge in [0, 0.05) is 11.9 Å². The summed E-state index contributed by atoms with van der Waals surface area (Å²) in [6.45, 7) is 1.15. The Morgan fingerprint density at radius 3 is 2.29 bits per heavy atom. The third kappa shape index (κ3) is 4.74. The van der Waals surface area contributed by atoms with Gasteiger partial charge < -0.3 is 0 Å². The number of hydrogen-bond acceptors (Lipinski definition) is 2. The van der Waals surface area contributed by atoms with Gasteiger partial charge in [0.25, 0.3) is 0 Å². The first-order chi connectivity index (χ1) is 9.49. The molecule has 0 spiro atoms. The summed E-state index contributed by atoms with van der Waals surface area (Å²) >= 11 is 11.4. The predicted molar refractivity (Wildman–Crippen MR) is 76.1 cm³/mol. The van der Waals surface area contributed by atoms with Gasteiger partial charge in [-0.3, -0.25) is 0 Å². The highest BCUT2D eigenvalue weighted by Gasteiger charge is 2.39. The molecule has 0 aliphatic carbocycles. The van der Waals surface area contributed by atoms with Crippen molar-refractivity contribution in [3.8, 4) is 0 Å². The fourth-order valence-corrected chi connectivity index (χ4v) is 3.99. The molecule has 1 aromatic rings. The van der Waals surface area contributed by atoms with Gasteiger partial charge in [-0.25, -0.2) is 8.42 Å². The highest BCUT2D eigenvalue weighted by atomic mass is 35.5. The quantitative estimate of drug-likeness (QED) is 0.740. The summed E-state index contributed by atoms with van der Waals surface area (Å²) < 4.78 is 63.0. The van der Waals surface area contributed by atoms with Gasteiger partial charge in [-0.1, -0.05) is 17.7 Å². The molecule has 1 aromatic carbocycles. The Balaban J connectivity index is 3.36. The molecule has 0 bridgehead atoms. The monoisotopic (exact) mass is 363 g/mol. The number of nitrogens with zero attached hydrogens (tertiary/aromatic N) is 1. The van der Waals surface area contributed by atoms with Gasteiger partial charge in [-0.05, 0) is 31.5 Å². The van der Waals surface area contributed by atoms with Crippen molar-refractivity contribution in [1.82, 2.24) is 4.31 Å². The van der Waals surface area contributed by atoms with Crippen LogP contribution in [0.5, 0.6) is 0 Å². The van der Waals surface area contributed by atoms with E-state index in [1.165, 1.54) is 32.0 Å². The van der Waals surface area contributed by atoms with Crippen LogP contribution in [-0.4, -0.2) is 31.5 Å². The normalized spacial score (nSPS) is 13.2. The summed E-state index contributed by atoms with van der Waals surface area (Å²) in [4.78, 5) is -0.375. The van der Waals surface area contributed by atoms with Crippen molar-refractivity contribution in [3.05, 3.63) is 28.8 Å². The first kappa shape index (κ1) is 18.5. The highest BCUT2D eigenvalue weighted by Crippen LogP contribution is 2.30. The second-order valence-electron chi connectivity index (χ2n) is 4.66. The van der Waals surface area contributed by atoms with Gasteiger partial charge >= 0.3 is 6.18 Å². The summed E-state index contributed by atoms with van der Waals surface area (Å²) in [5.74, 6) is 0.0284. The van der Waals surface area contributed by atoms with Gasteiger partial charge in [-0.2, -0.15) is 17.5 Å². The van der Waals surface area contributed by atoms with Crippen LogP contribution < -0.4 is 0 Å². The van der Waals surface area contributed by atoms with E-state index in [1.54, 1.807) is 0 Å². The van der Waals surface area contributed by atoms with E-state index in [0.29, 0.717) is 9.87 Å². The fourth-order valence-electron chi connectivity index (χ4n) is 1.68. The van der Waals surface area contributed by atoms with E-state index in [9.17, 15) is 21.6 Å². The molecule has 0 unspecified atom stereocenters. The number of alkyl halides is 4. The van der Waals surface area contributed by atoms with Crippen LogP contribution in [0.3, 0.4) is 0 Å². The van der Waals surface area contributed by atoms with Crippen molar-refractivity contribution in [2.75, 3.05) is 6.54 Å². The first-order valence-corrected chi connectivity index (χ1v) is 8.27. The Morgan fingerprint density at radius 2 is 1.86 bits per heavy atom. The molecule has 0 saturated heterocycles. The molecular weight excluding hydrogens is 350 g/mol. The largest absolute Gasteiger partial charge is 0.402 e. The number of rotatable bonds is 5. The van der Waals surface area contributed by atoms with Gasteiger partial charge in [0.1, 0.15) is 11.4 Å². The van der Waals surface area contributed by atoms with Gasteiger partial charge in [0.05, 0.1) is 5.02 Å². The summed E-state index contributed by atoms with van der Waals surface area (Å²) in [5, 5.41) is -0.142. The summed E-state index contributed by atoms with van der Waals surface area (Å²) in [6, 6.07) is 3.14. The van der Waals surface area contributed by atoms with Crippen LogP contribution in [0.4, 0.5) is 13.2 Å². The predicted octanol–water partition coefficient (Wildman–Crippen LogP) is 4.04. The third-order valence-corrected chi connectivity index (χ3v) is 5.46. The maximum absolute atomic E-state index is 12.6. The lowest BCUT2D eigenvalue weighted by molar-refractivity contribution is -0.138. The molecule has 0 aliphatic rings. The smallest absolute Gasteiger partial charge is 0.207 e. The Morgan fingerprint density at radius 1 is 1.29 bits per heavy atom. The molecule has 120 valence electrons. The zero-order valence-electron chi connectivity index (χ0n) is 11.3. The SMILES string of the molecule is CC(C)N(CC(F)(F)F)S(=O)(=O)c1cc(CCl)ccc1Cl. The van der Waals surface area contributed by atoms with E-state index < -0.39 is 28.8 Å². The van der Waals surface area contributed by atoms with Crippen LogP contribution in [0.1, 0.15) is 19.4 Å². The lowest BCUT2D eigenvalue weighted by atomic mass is 10.2. The van der Waals surface area contributed by atoms with Crippen LogP contribution in [-0.2, 0) is 15.9 Å². The Hall–Kier alpha value is -0.500. The maximum atomic E-state index is 12.6. The molecule has 0 fully saturated rings. The standard InChI is InChI=1S/C12H14Cl2F3NO2S/c1-8(2)18(7-12(15,16)17)21(19,20)11-5-9(6-13)3-4-10(11)14/h3-5,8H,6-7H2,1-2H3. The molecule has 0 amide bonds. The Bertz CT molecular complexity index is 603. The van der Waals surface area contributed by atoms with Crippen LogP contribution >= 0.6 is 23.2 Å². The zero-order chi connectivity index (χ0) is 16.4. The van der Waals surface area contributed by atoms with Crippen molar-refractivity contribution in [2.24, 2.45) is 0 Å². The molecule has 9 heteroatoms. The molecule has 21 heavy (non-hydrogen) atoms. The van der Waals surface area contributed by atoms with E-state index in [0.717, 1.165) is 0 Å². The van der Waals surface area contributed by atoms with E-state index in [-0.39, 0.29) is 15.8 Å². The minimum absolute atomic E-state index is 0.0284. The highest BCUT2D eigenvalue weighted by molar-refractivity contribution is 7.89. The number of benzene rings is 1. The molecular formula is C12H14Cl2F3NO2S. The fraction of sp³-hybridized carbons (Fsp3) is 0.500. The molecule has 0 aliphatic heterocycles. The molecule has 1 rings (SSSR count). The van der Waals surface area contributed by atoms with E-state index in [2.05, 4.69) is 0 Å². The average molecular weight is 364 g/mol. The van der Waals surface area contributed by atoms with Crippen molar-refractivity contribution in [2.45, 2.75) is 36.8 Å². The van der Waals surface area contributed by atoms with Gasteiger partial charge in [-0.15, -0.1) is 11.6 Å². The first-order valence-electron chi connectivity index (χ1n) is 5.92. The molecule has 3 nitrogen and oxygen atoms in total. The van der Waals surface area contributed by atoms with Crippen LogP contribution in [0.2, 0.25) is 5.02 Å². The molecule has 0 saturated carbocycles. The van der Waals surface area contributed by atoms with Gasteiger partial charge in [0.15, 0.2) is 0 Å². The van der Waals surface area contributed by atoms with Gasteiger partial charge in [0.2, 0.25) is 10.0 Å². The number of halogens is 5. The summed E-state index contributed by atoms with van der Waals surface area (Å²) in [7, 11) is -4.37. The van der Waals surface area contributed by atoms with E-state index in [4.69, 9.17) is 23.2 Å². The number of hydrogen-bond donors (Lipinski definition) is 0. The molecule has 0 N–H and O–H groups in total. The summed E-state index contributed by atoms with van der Waals surface area (Å²) in [5.41, 5.74) is 0.454. The van der Waals surface area contributed by atoms with Crippen molar-refractivity contribution >= 4 is 33.2 Å². The van der Waals surface area contributed by atoms with Crippen molar-refractivity contribution < 1.29 is 21.6 Å². The Labute approximate surface area is 131 Å². The third-order valence-electron chi connectivity index (χ3n) is 2.65. The lowest BCUT2D eigenvalue weighted by Gasteiger charge is -2.27. The van der Waals surface area contributed by atoms with Crippen LogP contribution in [0.25, 0.3) is 0 Å². The topological polar surface area (TPSA) is 37.4 Å². The van der Waals surface area contributed by atoms with Crippen LogP contribution in [0, 0.1) is 0 Å². The second-order valence-corrected chi connectivity index (χ2v) is 7.19. The maximum Gasteiger partial charge on any atom is 0.402 e. The molecule has 0 aromatic heterocycles. The second kappa shape index (κ2) is 6.73. The zero-order valence-corrected chi connectivity index (χ0v) is 13.6. The minimum atomic E-state index is -4.64. The van der Waals surface area contributed by atoms with E-state index in [1.807, 2.05) is 0 Å². The van der Waals surface area contributed by atoms with Crippen molar-refractivity contribution in [1.29, 1.82) is 0 Å². The molecule has 0 atom stereocenters. The van der Waals surface area contributed by atoms with Crippen LogP contribution in [0.15, 0.2) is 23.1 Å². The molecule has 0 heterocycles. The van der Waals surface area contributed by atoms with Crippen molar-refractivity contribution in [3.63, 3.8) is 0 Å². The lowest BCUT2D eigenvalue weighted by Crippen LogP contribution is -2.43.